The number of nitrogens with zero attached hydrogens (tertiary/aromatic N) is 1. The molecule has 0 aliphatic rings. The number of benzene rings is 2. The van der Waals surface area contributed by atoms with E-state index in [1.807, 2.05) is 55.5 Å². The molecule has 0 radical (unpaired) electrons. The van der Waals surface area contributed by atoms with E-state index in [0.717, 1.165) is 16.8 Å². The minimum atomic E-state index is -0.621. The van der Waals surface area contributed by atoms with Crippen molar-refractivity contribution in [2.24, 2.45) is 4.99 Å². The van der Waals surface area contributed by atoms with Crippen LogP contribution in [0.3, 0.4) is 0 Å². The molecular formula is C17H17N3O2S. The molecule has 0 bridgehead atoms. The lowest BCUT2D eigenvalue weighted by atomic mass is 10.2. The van der Waals surface area contributed by atoms with Crippen LogP contribution in [0.1, 0.15) is 11.1 Å². The Morgan fingerprint density at radius 1 is 1.22 bits per heavy atom. The van der Waals surface area contributed by atoms with E-state index in [1.165, 1.54) is 7.11 Å². The van der Waals surface area contributed by atoms with Crippen molar-refractivity contribution in [2.45, 2.75) is 6.92 Å². The molecule has 0 atom stereocenters. The molecule has 0 aliphatic carbocycles. The van der Waals surface area contributed by atoms with E-state index in [4.69, 9.17) is 12.2 Å². The summed E-state index contributed by atoms with van der Waals surface area (Å²) in [6, 6.07) is 15.5. The Balaban J connectivity index is 2.19. The van der Waals surface area contributed by atoms with Crippen molar-refractivity contribution in [3.05, 3.63) is 59.7 Å². The van der Waals surface area contributed by atoms with Crippen LogP contribution in [-0.2, 0) is 4.74 Å². The second-order valence-corrected chi connectivity index (χ2v) is 5.17. The molecule has 0 aliphatic heterocycles. The van der Waals surface area contributed by atoms with Crippen molar-refractivity contribution in [1.29, 1.82) is 0 Å². The van der Waals surface area contributed by atoms with Crippen molar-refractivity contribution in [1.82, 2.24) is 5.32 Å². The number of carbonyl (C=O) groups is 1. The third-order valence-electron chi connectivity index (χ3n) is 2.95. The molecule has 1 amide bonds. The van der Waals surface area contributed by atoms with E-state index in [2.05, 4.69) is 20.4 Å². The van der Waals surface area contributed by atoms with Gasteiger partial charge in [0, 0.05) is 6.21 Å². The van der Waals surface area contributed by atoms with Gasteiger partial charge in [0.05, 0.1) is 18.5 Å². The summed E-state index contributed by atoms with van der Waals surface area (Å²) in [5.74, 6) is 0. The Bertz CT molecular complexity index is 730. The van der Waals surface area contributed by atoms with Gasteiger partial charge in [0.15, 0.2) is 5.11 Å². The number of ether oxygens (including phenoxy) is 1. The van der Waals surface area contributed by atoms with Crippen LogP contribution in [0.25, 0.3) is 0 Å². The van der Waals surface area contributed by atoms with Crippen LogP contribution in [0.2, 0.25) is 0 Å². The summed E-state index contributed by atoms with van der Waals surface area (Å²) >= 11 is 5.07. The first-order chi connectivity index (χ1) is 11.1. The summed E-state index contributed by atoms with van der Waals surface area (Å²) in [6.45, 7) is 1.98. The summed E-state index contributed by atoms with van der Waals surface area (Å²) in [4.78, 5) is 15.7. The van der Waals surface area contributed by atoms with E-state index in [1.54, 1.807) is 6.21 Å². The standard InChI is InChI=1S/C17H17N3O2S/c1-12-8-9-14(19-16(23)20-17(21)22-2)15(10-12)18-11-13-6-4-3-5-7-13/h3-11H,1-2H3,(H2,19,20,21,23). The SMILES string of the molecule is COC(=O)NC(=S)Nc1ccc(C)cc1N=Cc1ccccc1. The predicted molar refractivity (Wildman–Crippen MR) is 96.6 cm³/mol. The number of nitrogens with one attached hydrogen (secondary N) is 2. The molecule has 2 rings (SSSR count). The number of aryl methyl sites for hydroxylation is 1. The highest BCUT2D eigenvalue weighted by molar-refractivity contribution is 7.80. The fourth-order valence-electron chi connectivity index (χ4n) is 1.83. The van der Waals surface area contributed by atoms with Gasteiger partial charge >= 0.3 is 6.09 Å². The summed E-state index contributed by atoms with van der Waals surface area (Å²) < 4.78 is 4.51. The van der Waals surface area contributed by atoms with E-state index in [-0.39, 0.29) is 5.11 Å². The first-order valence-corrected chi connectivity index (χ1v) is 7.35. The van der Waals surface area contributed by atoms with Crippen LogP contribution in [0, 0.1) is 6.92 Å². The highest BCUT2D eigenvalue weighted by Gasteiger charge is 2.07. The number of hydrogen-bond acceptors (Lipinski definition) is 4. The van der Waals surface area contributed by atoms with Crippen molar-refractivity contribution >= 4 is 41.0 Å². The van der Waals surface area contributed by atoms with Gasteiger partial charge in [-0.1, -0.05) is 36.4 Å². The highest BCUT2D eigenvalue weighted by atomic mass is 32.1. The largest absolute Gasteiger partial charge is 0.453 e. The maximum atomic E-state index is 11.2. The van der Waals surface area contributed by atoms with Crippen LogP contribution >= 0.6 is 12.2 Å². The first-order valence-electron chi connectivity index (χ1n) is 6.94. The molecule has 0 saturated carbocycles. The number of methoxy groups -OCH3 is 1. The van der Waals surface area contributed by atoms with Gasteiger partial charge < -0.3 is 10.1 Å². The minimum Gasteiger partial charge on any atom is -0.453 e. The zero-order chi connectivity index (χ0) is 16.7. The number of amides is 1. The van der Waals surface area contributed by atoms with Gasteiger partial charge in [-0.2, -0.15) is 0 Å². The third kappa shape index (κ3) is 5.19. The number of rotatable bonds is 3. The lowest BCUT2D eigenvalue weighted by Gasteiger charge is -2.11. The fourth-order valence-corrected chi connectivity index (χ4v) is 2.03. The average Bonchev–Trinajstić information content (AvgIpc) is 2.55. The zero-order valence-electron chi connectivity index (χ0n) is 12.9. The number of aliphatic imine (C=N–C) groups is 1. The smallest absolute Gasteiger partial charge is 0.413 e. The Morgan fingerprint density at radius 2 is 1.96 bits per heavy atom. The molecule has 2 aromatic rings. The lowest BCUT2D eigenvalue weighted by Crippen LogP contribution is -2.33. The van der Waals surface area contributed by atoms with Crippen LogP contribution in [0.15, 0.2) is 53.5 Å². The molecule has 23 heavy (non-hydrogen) atoms. The number of thiocarbonyl (C=S) groups is 1. The number of anilines is 1. The van der Waals surface area contributed by atoms with Gasteiger partial charge in [-0.15, -0.1) is 0 Å². The summed E-state index contributed by atoms with van der Waals surface area (Å²) in [6.07, 6.45) is 1.15. The molecular weight excluding hydrogens is 310 g/mol. The lowest BCUT2D eigenvalue weighted by molar-refractivity contribution is 0.177. The van der Waals surface area contributed by atoms with Crippen molar-refractivity contribution in [3.63, 3.8) is 0 Å². The monoisotopic (exact) mass is 327 g/mol. The Kier molecular flexibility index (Phi) is 5.82. The molecule has 2 N–H and O–H groups in total. The fraction of sp³-hybridized carbons (Fsp3) is 0.118. The maximum absolute atomic E-state index is 11.2. The molecule has 2 aromatic carbocycles. The van der Waals surface area contributed by atoms with Crippen LogP contribution in [-0.4, -0.2) is 24.5 Å². The van der Waals surface area contributed by atoms with Crippen molar-refractivity contribution in [2.75, 3.05) is 12.4 Å². The van der Waals surface area contributed by atoms with Gasteiger partial charge in [-0.25, -0.2) is 4.79 Å². The third-order valence-corrected chi connectivity index (χ3v) is 3.16. The van der Waals surface area contributed by atoms with E-state index in [0.29, 0.717) is 5.69 Å². The Morgan fingerprint density at radius 3 is 2.65 bits per heavy atom. The molecule has 5 nitrogen and oxygen atoms in total. The summed E-state index contributed by atoms with van der Waals surface area (Å²) in [5.41, 5.74) is 3.49. The number of hydrogen-bond donors (Lipinski definition) is 2. The summed E-state index contributed by atoms with van der Waals surface area (Å²) in [5, 5.41) is 5.50. The number of alkyl carbamates (subject to hydrolysis) is 1. The molecule has 0 saturated heterocycles. The van der Waals surface area contributed by atoms with E-state index in [9.17, 15) is 4.79 Å². The first kappa shape index (κ1) is 16.6. The molecule has 0 unspecified atom stereocenters. The van der Waals surface area contributed by atoms with Gasteiger partial charge in [-0.05, 0) is 42.4 Å². The van der Waals surface area contributed by atoms with Gasteiger partial charge in [-0.3, -0.25) is 10.3 Å². The van der Waals surface area contributed by atoms with Crippen LogP contribution in [0.5, 0.6) is 0 Å². The van der Waals surface area contributed by atoms with Gasteiger partial charge in [0.25, 0.3) is 0 Å². The zero-order valence-corrected chi connectivity index (χ0v) is 13.7. The van der Waals surface area contributed by atoms with Crippen LogP contribution < -0.4 is 10.6 Å². The molecule has 0 fully saturated rings. The average molecular weight is 327 g/mol. The molecule has 118 valence electrons. The molecule has 0 aromatic heterocycles. The van der Waals surface area contributed by atoms with Gasteiger partial charge in [0.2, 0.25) is 0 Å². The maximum Gasteiger partial charge on any atom is 0.413 e. The van der Waals surface area contributed by atoms with Crippen LogP contribution in [0.4, 0.5) is 16.2 Å². The number of carbonyl (C=O) groups excluding carboxylic acids is 1. The second-order valence-electron chi connectivity index (χ2n) is 4.76. The molecule has 6 heteroatoms. The van der Waals surface area contributed by atoms with E-state index >= 15 is 0 Å². The topological polar surface area (TPSA) is 62.7 Å². The minimum absolute atomic E-state index is 0.150. The normalized spacial score (nSPS) is 10.3. The second kappa shape index (κ2) is 8.05. The van der Waals surface area contributed by atoms with Crippen molar-refractivity contribution < 1.29 is 9.53 Å². The van der Waals surface area contributed by atoms with Gasteiger partial charge in [0.1, 0.15) is 0 Å². The summed E-state index contributed by atoms with van der Waals surface area (Å²) in [7, 11) is 1.28. The van der Waals surface area contributed by atoms with Crippen molar-refractivity contribution in [3.8, 4) is 0 Å². The predicted octanol–water partition coefficient (Wildman–Crippen LogP) is 3.80. The quantitative estimate of drug-likeness (QED) is 0.665. The Labute approximate surface area is 140 Å². The Hall–Kier alpha value is -2.73. The molecule has 0 heterocycles. The van der Waals surface area contributed by atoms with E-state index < -0.39 is 6.09 Å². The molecule has 0 spiro atoms. The highest BCUT2D eigenvalue weighted by Crippen LogP contribution is 2.26.